The molecule has 0 aliphatic rings. The molecule has 0 unspecified atom stereocenters. The fraction of sp³-hybridized carbons (Fsp3) is 0.200. The number of aromatic amines is 1. The average Bonchev–Trinajstić information content (AvgIpc) is 3.13. The first kappa shape index (κ1) is 20.8. The van der Waals surface area contributed by atoms with Crippen molar-refractivity contribution in [1.29, 1.82) is 0 Å². The minimum absolute atomic E-state index is 0.144. The monoisotopic (exact) mass is 435 g/mol. The molecule has 1 aromatic heterocycles. The van der Waals surface area contributed by atoms with E-state index in [1.165, 1.54) is 12.0 Å². The van der Waals surface area contributed by atoms with E-state index in [4.69, 9.17) is 32.7 Å². The number of nitrogens with zero attached hydrogens (tertiary/aromatic N) is 1. The van der Waals surface area contributed by atoms with E-state index < -0.39 is 0 Å². The maximum Gasteiger partial charge on any atom is 0.270 e. The molecule has 29 heavy (non-hydrogen) atoms. The molecule has 3 rings (SSSR count). The predicted molar refractivity (Wildman–Crippen MR) is 113 cm³/mol. The van der Waals surface area contributed by atoms with Crippen molar-refractivity contribution in [2.75, 3.05) is 33.1 Å². The minimum Gasteiger partial charge on any atom is -0.497 e. The number of nitrogens with one attached hydrogen (secondary N) is 2. The quantitative estimate of drug-likeness (QED) is 0.607. The molecule has 1 heterocycles. The number of ether oxygens (including phenoxy) is 2. The summed E-state index contributed by atoms with van der Waals surface area (Å²) in [6.45, 7) is -0.144. The third-order valence-electron chi connectivity index (χ3n) is 4.28. The first-order valence-corrected chi connectivity index (χ1v) is 9.33. The number of halogens is 2. The largest absolute Gasteiger partial charge is 0.497 e. The number of methoxy groups -OCH3 is 2. The van der Waals surface area contributed by atoms with Gasteiger partial charge in [-0.3, -0.25) is 9.59 Å². The van der Waals surface area contributed by atoms with Crippen LogP contribution < -0.4 is 14.8 Å². The second-order valence-electron chi connectivity index (χ2n) is 6.32. The lowest BCUT2D eigenvalue weighted by Gasteiger charge is -2.16. The van der Waals surface area contributed by atoms with E-state index in [2.05, 4.69) is 10.3 Å². The molecule has 0 saturated heterocycles. The Morgan fingerprint density at radius 1 is 1.07 bits per heavy atom. The first-order chi connectivity index (χ1) is 13.8. The number of amides is 2. The number of hydrogen-bond acceptors (Lipinski definition) is 4. The topological polar surface area (TPSA) is 83.7 Å². The van der Waals surface area contributed by atoms with Crippen molar-refractivity contribution in [1.82, 2.24) is 9.88 Å². The van der Waals surface area contributed by atoms with Crippen molar-refractivity contribution in [2.24, 2.45) is 0 Å². The maximum absolute atomic E-state index is 12.8. The first-order valence-electron chi connectivity index (χ1n) is 8.57. The Morgan fingerprint density at radius 3 is 2.48 bits per heavy atom. The van der Waals surface area contributed by atoms with Gasteiger partial charge in [-0.15, -0.1) is 0 Å². The Morgan fingerprint density at radius 2 is 1.83 bits per heavy atom. The molecule has 0 radical (unpaired) electrons. The van der Waals surface area contributed by atoms with Gasteiger partial charge in [0.1, 0.15) is 17.2 Å². The Hall–Kier alpha value is -2.90. The van der Waals surface area contributed by atoms with Crippen molar-refractivity contribution in [3.05, 3.63) is 52.1 Å². The second-order valence-corrected chi connectivity index (χ2v) is 7.13. The molecule has 0 spiro atoms. The number of hydrogen-bond donors (Lipinski definition) is 2. The number of anilines is 1. The maximum atomic E-state index is 12.8. The third kappa shape index (κ3) is 4.58. The number of rotatable bonds is 6. The number of likely N-dealkylation sites (N-methyl/N-ethyl adjacent to an activating group) is 1. The number of aromatic nitrogens is 1. The van der Waals surface area contributed by atoms with Crippen LogP contribution in [0.15, 0.2) is 36.4 Å². The molecule has 2 aromatic carbocycles. The van der Waals surface area contributed by atoms with Gasteiger partial charge in [-0.1, -0.05) is 23.2 Å². The molecular formula is C20H19Cl2N3O4. The molecule has 7 nitrogen and oxygen atoms in total. The lowest BCUT2D eigenvalue weighted by molar-refractivity contribution is -0.116. The van der Waals surface area contributed by atoms with E-state index in [-0.39, 0.29) is 18.4 Å². The van der Waals surface area contributed by atoms with Gasteiger partial charge < -0.3 is 24.7 Å². The molecule has 3 aromatic rings. The van der Waals surface area contributed by atoms with Gasteiger partial charge in [0.2, 0.25) is 5.91 Å². The van der Waals surface area contributed by atoms with E-state index in [0.29, 0.717) is 38.4 Å². The van der Waals surface area contributed by atoms with Crippen LogP contribution in [0.4, 0.5) is 5.69 Å². The van der Waals surface area contributed by atoms with Gasteiger partial charge in [0.05, 0.1) is 36.3 Å². The summed E-state index contributed by atoms with van der Waals surface area (Å²) in [5.41, 5.74) is 1.49. The Labute approximate surface area is 177 Å². The van der Waals surface area contributed by atoms with E-state index in [1.807, 2.05) is 0 Å². The van der Waals surface area contributed by atoms with Crippen LogP contribution in [0, 0.1) is 0 Å². The number of carbonyl (C=O) groups is 2. The fourth-order valence-corrected chi connectivity index (χ4v) is 3.14. The van der Waals surface area contributed by atoms with Crippen molar-refractivity contribution in [3.63, 3.8) is 0 Å². The molecule has 0 aliphatic carbocycles. The van der Waals surface area contributed by atoms with Crippen LogP contribution in [-0.4, -0.2) is 49.5 Å². The highest BCUT2D eigenvalue weighted by molar-refractivity contribution is 6.42. The molecular weight excluding hydrogens is 417 g/mol. The molecule has 2 amide bonds. The smallest absolute Gasteiger partial charge is 0.270 e. The van der Waals surface area contributed by atoms with Crippen LogP contribution in [0.2, 0.25) is 10.0 Å². The van der Waals surface area contributed by atoms with Gasteiger partial charge >= 0.3 is 0 Å². The van der Waals surface area contributed by atoms with E-state index in [1.54, 1.807) is 50.6 Å². The van der Waals surface area contributed by atoms with Crippen LogP contribution in [-0.2, 0) is 4.79 Å². The molecule has 9 heteroatoms. The number of benzene rings is 2. The highest BCUT2D eigenvalue weighted by Crippen LogP contribution is 2.31. The number of fused-ring (bicyclic) bond motifs is 1. The van der Waals surface area contributed by atoms with Crippen LogP contribution in [0.5, 0.6) is 11.5 Å². The average molecular weight is 436 g/mol. The molecule has 0 bridgehead atoms. The van der Waals surface area contributed by atoms with Gasteiger partial charge in [-0.05, 0) is 30.3 Å². The minimum atomic E-state index is -0.366. The van der Waals surface area contributed by atoms with Crippen molar-refractivity contribution in [3.8, 4) is 11.5 Å². The number of H-pyrrole nitrogens is 1. The third-order valence-corrected chi connectivity index (χ3v) is 5.02. The standard InChI is InChI=1S/C20H19Cl2N3O4/c1-25(10-18(26)23-12-4-5-14(21)15(22)8-12)20(27)16-7-11-6-13(28-2)9-17(29-3)19(11)24-16/h4-9,24H,10H2,1-3H3,(H,23,26). The number of carbonyl (C=O) groups excluding carboxylic acids is 2. The van der Waals surface area contributed by atoms with Crippen LogP contribution >= 0.6 is 23.2 Å². The zero-order valence-corrected chi connectivity index (χ0v) is 17.5. The highest BCUT2D eigenvalue weighted by Gasteiger charge is 2.19. The predicted octanol–water partition coefficient (Wildman–Crippen LogP) is 4.20. The van der Waals surface area contributed by atoms with E-state index >= 15 is 0 Å². The zero-order chi connectivity index (χ0) is 21.1. The highest BCUT2D eigenvalue weighted by atomic mass is 35.5. The lowest BCUT2D eigenvalue weighted by atomic mass is 10.2. The van der Waals surface area contributed by atoms with Crippen molar-refractivity contribution < 1.29 is 19.1 Å². The fourth-order valence-electron chi connectivity index (χ4n) is 2.85. The summed E-state index contributed by atoms with van der Waals surface area (Å²) in [6.07, 6.45) is 0. The van der Waals surface area contributed by atoms with E-state index in [0.717, 1.165) is 5.39 Å². The van der Waals surface area contributed by atoms with E-state index in [9.17, 15) is 9.59 Å². The summed E-state index contributed by atoms with van der Waals surface area (Å²) >= 11 is 11.8. The summed E-state index contributed by atoms with van der Waals surface area (Å²) in [4.78, 5) is 29.4. The summed E-state index contributed by atoms with van der Waals surface area (Å²) in [6, 6.07) is 9.96. The summed E-state index contributed by atoms with van der Waals surface area (Å²) in [5, 5.41) is 4.17. The van der Waals surface area contributed by atoms with Gasteiger partial charge in [-0.25, -0.2) is 0 Å². The Kier molecular flexibility index (Phi) is 6.20. The van der Waals surface area contributed by atoms with Crippen LogP contribution in [0.3, 0.4) is 0 Å². The SMILES string of the molecule is COc1cc(OC)c2[nH]c(C(=O)N(C)CC(=O)Nc3ccc(Cl)c(Cl)c3)cc2c1. The van der Waals surface area contributed by atoms with Crippen molar-refractivity contribution >= 4 is 51.6 Å². The summed E-state index contributed by atoms with van der Waals surface area (Å²) in [5.74, 6) is 0.459. The summed E-state index contributed by atoms with van der Waals surface area (Å²) < 4.78 is 10.6. The molecule has 0 atom stereocenters. The second kappa shape index (κ2) is 8.63. The van der Waals surface area contributed by atoms with Crippen molar-refractivity contribution in [2.45, 2.75) is 0 Å². The molecule has 2 N–H and O–H groups in total. The van der Waals surface area contributed by atoms with Gasteiger partial charge in [0.25, 0.3) is 5.91 Å². The van der Waals surface area contributed by atoms with Crippen LogP contribution in [0.25, 0.3) is 10.9 Å². The molecule has 152 valence electrons. The van der Waals surface area contributed by atoms with Gasteiger partial charge in [-0.2, -0.15) is 0 Å². The molecule has 0 fully saturated rings. The normalized spacial score (nSPS) is 10.7. The van der Waals surface area contributed by atoms with Crippen LogP contribution in [0.1, 0.15) is 10.5 Å². The van der Waals surface area contributed by atoms with Gasteiger partial charge in [0.15, 0.2) is 0 Å². The van der Waals surface area contributed by atoms with Gasteiger partial charge in [0, 0.05) is 24.2 Å². The Balaban J connectivity index is 1.73. The lowest BCUT2D eigenvalue weighted by Crippen LogP contribution is -2.35. The molecule has 0 aliphatic heterocycles. The Bertz CT molecular complexity index is 1080. The zero-order valence-electron chi connectivity index (χ0n) is 16.0. The molecule has 0 saturated carbocycles. The summed E-state index contributed by atoms with van der Waals surface area (Å²) in [7, 11) is 4.63.